The number of allylic oxidation sites excluding steroid dienone is 5. The first kappa shape index (κ1) is 30.6. The smallest absolute Gasteiger partial charge is 0.309 e. The Morgan fingerprint density at radius 1 is 1.05 bits per heavy atom. The zero-order valence-electron chi connectivity index (χ0n) is 26.2. The standard InChI is InChI=1S/C36H58O3/c1-9-10-20-36(31(38)39,21-13-11-12-14-25(2)3)29-18-24-34(7)27-15-16-28-32(4,5)30(37)19-22-33(28,6)26(27)17-23-35(29,34)8/h9,15,17,25,28-30,37H,1,10-14,16,18-24H2,2-8H3,(H,38,39)/t28-,29+,30-,33+,34-,35+,36-/m0/s1. The van der Waals surface area contributed by atoms with E-state index < -0.39 is 11.4 Å². The van der Waals surface area contributed by atoms with E-state index >= 15 is 0 Å². The monoisotopic (exact) mass is 538 g/mol. The molecule has 7 atom stereocenters. The number of carbonyl (C=O) groups is 1. The summed E-state index contributed by atoms with van der Waals surface area (Å²) in [7, 11) is 0. The predicted molar refractivity (Wildman–Crippen MR) is 162 cm³/mol. The van der Waals surface area contributed by atoms with Crippen molar-refractivity contribution in [3.05, 3.63) is 36.0 Å². The molecule has 2 N–H and O–H groups in total. The van der Waals surface area contributed by atoms with E-state index in [-0.39, 0.29) is 33.7 Å². The summed E-state index contributed by atoms with van der Waals surface area (Å²) < 4.78 is 0. The first-order chi connectivity index (χ1) is 18.2. The van der Waals surface area contributed by atoms with Crippen molar-refractivity contribution in [2.75, 3.05) is 0 Å². The lowest BCUT2D eigenvalue weighted by Gasteiger charge is -2.61. The fourth-order valence-corrected chi connectivity index (χ4v) is 10.2. The largest absolute Gasteiger partial charge is 0.481 e. The van der Waals surface area contributed by atoms with Gasteiger partial charge in [-0.25, -0.2) is 0 Å². The highest BCUT2D eigenvalue weighted by molar-refractivity contribution is 5.75. The van der Waals surface area contributed by atoms with Crippen molar-refractivity contribution in [2.24, 2.45) is 44.8 Å². The van der Waals surface area contributed by atoms with Gasteiger partial charge in [-0.1, -0.05) is 92.4 Å². The molecule has 0 unspecified atom stereocenters. The molecule has 4 aliphatic carbocycles. The SMILES string of the molecule is C=CCC[C@@](CCCCCC(C)C)(C(=O)O)[C@@H]1CC[C@@]2(C)C3=CC[C@H]4C(C)(C)[C@@H](O)CC[C@]4(C)C3=CC[C@]12C. The molecule has 0 aliphatic heterocycles. The number of fused-ring (bicyclic) bond motifs is 5. The lowest BCUT2D eigenvalue weighted by molar-refractivity contribution is -0.159. The summed E-state index contributed by atoms with van der Waals surface area (Å²) in [6, 6.07) is 0. The van der Waals surface area contributed by atoms with Gasteiger partial charge in [-0.3, -0.25) is 4.79 Å². The Hall–Kier alpha value is -1.35. The molecule has 0 aromatic heterocycles. The number of rotatable bonds is 11. The van der Waals surface area contributed by atoms with Crippen LogP contribution in [0.5, 0.6) is 0 Å². The van der Waals surface area contributed by atoms with Gasteiger partial charge in [0.05, 0.1) is 11.5 Å². The lowest BCUT2D eigenvalue weighted by atomic mass is 9.43. The molecule has 2 fully saturated rings. The van der Waals surface area contributed by atoms with Gasteiger partial charge < -0.3 is 10.2 Å². The van der Waals surface area contributed by atoms with E-state index in [1.54, 1.807) is 0 Å². The number of aliphatic carboxylic acids is 1. The highest BCUT2D eigenvalue weighted by Crippen LogP contribution is 2.73. The van der Waals surface area contributed by atoms with Crippen LogP contribution < -0.4 is 0 Å². The molecule has 4 aliphatic rings. The summed E-state index contributed by atoms with van der Waals surface area (Å²) in [5.41, 5.74) is 2.24. The quantitative estimate of drug-likeness (QED) is 0.203. The Morgan fingerprint density at radius 3 is 2.41 bits per heavy atom. The molecule has 4 rings (SSSR count). The van der Waals surface area contributed by atoms with Crippen LogP contribution in [0.3, 0.4) is 0 Å². The fraction of sp³-hybridized carbons (Fsp3) is 0.806. The van der Waals surface area contributed by atoms with Gasteiger partial charge in [0.25, 0.3) is 0 Å². The predicted octanol–water partition coefficient (Wildman–Crippen LogP) is 9.52. The van der Waals surface area contributed by atoms with Gasteiger partial charge in [0.1, 0.15) is 0 Å². The van der Waals surface area contributed by atoms with Gasteiger partial charge in [0, 0.05) is 0 Å². The van der Waals surface area contributed by atoms with Crippen LogP contribution in [0, 0.1) is 44.8 Å². The van der Waals surface area contributed by atoms with Crippen LogP contribution >= 0.6 is 0 Å². The van der Waals surface area contributed by atoms with Crippen LogP contribution in [0.15, 0.2) is 36.0 Å². The maximum Gasteiger partial charge on any atom is 0.309 e. The van der Waals surface area contributed by atoms with Crippen LogP contribution in [0.2, 0.25) is 0 Å². The molecular formula is C36H58O3. The highest BCUT2D eigenvalue weighted by Gasteiger charge is 2.66. The van der Waals surface area contributed by atoms with Crippen molar-refractivity contribution in [3.63, 3.8) is 0 Å². The summed E-state index contributed by atoms with van der Waals surface area (Å²) in [6.45, 7) is 20.4. The van der Waals surface area contributed by atoms with Gasteiger partial charge in [-0.05, 0) is 108 Å². The number of aliphatic hydroxyl groups is 1. The topological polar surface area (TPSA) is 57.5 Å². The van der Waals surface area contributed by atoms with Crippen molar-refractivity contribution in [1.82, 2.24) is 0 Å². The van der Waals surface area contributed by atoms with Crippen molar-refractivity contribution in [3.8, 4) is 0 Å². The van der Waals surface area contributed by atoms with Crippen molar-refractivity contribution in [2.45, 2.75) is 138 Å². The Balaban J connectivity index is 1.69. The second-order valence-corrected chi connectivity index (χ2v) is 15.6. The summed E-state index contributed by atoms with van der Waals surface area (Å²) in [5.74, 6) is 0.721. The molecular weight excluding hydrogens is 480 g/mol. The molecule has 3 nitrogen and oxygen atoms in total. The van der Waals surface area contributed by atoms with Crippen molar-refractivity contribution in [1.29, 1.82) is 0 Å². The van der Waals surface area contributed by atoms with Crippen LogP contribution in [0.25, 0.3) is 0 Å². The van der Waals surface area contributed by atoms with Gasteiger partial charge >= 0.3 is 5.97 Å². The van der Waals surface area contributed by atoms with E-state index in [2.05, 4.69) is 67.2 Å². The Morgan fingerprint density at radius 2 is 1.77 bits per heavy atom. The first-order valence-corrected chi connectivity index (χ1v) is 16.1. The fourth-order valence-electron chi connectivity index (χ4n) is 10.2. The molecule has 0 saturated heterocycles. The minimum atomic E-state index is -0.692. The van der Waals surface area contributed by atoms with Crippen LogP contribution in [-0.2, 0) is 4.79 Å². The molecule has 0 spiro atoms. The van der Waals surface area contributed by atoms with E-state index in [4.69, 9.17) is 0 Å². The highest BCUT2D eigenvalue weighted by atomic mass is 16.4. The lowest BCUT2D eigenvalue weighted by Crippen LogP contribution is -2.55. The zero-order chi connectivity index (χ0) is 28.9. The number of carboxylic acid groups (broad SMARTS) is 1. The summed E-state index contributed by atoms with van der Waals surface area (Å²) >= 11 is 0. The third-order valence-electron chi connectivity index (χ3n) is 13.0. The van der Waals surface area contributed by atoms with E-state index in [0.717, 1.165) is 64.2 Å². The maximum atomic E-state index is 13.3. The van der Waals surface area contributed by atoms with E-state index in [0.29, 0.717) is 18.3 Å². The zero-order valence-corrected chi connectivity index (χ0v) is 26.2. The summed E-state index contributed by atoms with van der Waals surface area (Å²) in [5, 5.41) is 21.9. The Kier molecular flexibility index (Phi) is 8.48. The molecule has 2 saturated carbocycles. The average molecular weight is 539 g/mol. The number of unbranched alkanes of at least 4 members (excludes halogenated alkanes) is 2. The van der Waals surface area contributed by atoms with Crippen molar-refractivity contribution < 1.29 is 15.0 Å². The third-order valence-corrected chi connectivity index (χ3v) is 13.0. The number of aliphatic hydroxyl groups excluding tert-OH is 1. The van der Waals surface area contributed by atoms with Gasteiger partial charge in [0.15, 0.2) is 0 Å². The molecule has 0 heterocycles. The molecule has 39 heavy (non-hydrogen) atoms. The third kappa shape index (κ3) is 4.71. The number of hydrogen-bond acceptors (Lipinski definition) is 2. The van der Waals surface area contributed by atoms with Gasteiger partial charge in [0.2, 0.25) is 0 Å². The van der Waals surface area contributed by atoms with Gasteiger partial charge in [-0.15, -0.1) is 6.58 Å². The molecule has 220 valence electrons. The molecule has 0 radical (unpaired) electrons. The number of carboxylic acids is 1. The molecule has 0 aromatic rings. The minimum Gasteiger partial charge on any atom is -0.481 e. The molecule has 0 bridgehead atoms. The summed E-state index contributed by atoms with van der Waals surface area (Å²) in [4.78, 5) is 13.3. The second-order valence-electron chi connectivity index (χ2n) is 15.6. The Labute approximate surface area is 239 Å². The Bertz CT molecular complexity index is 1000. The van der Waals surface area contributed by atoms with E-state index in [1.807, 2.05) is 6.08 Å². The second kappa shape index (κ2) is 10.8. The van der Waals surface area contributed by atoms with Crippen LogP contribution in [0.4, 0.5) is 0 Å². The molecule has 0 amide bonds. The number of hydrogen-bond donors (Lipinski definition) is 2. The summed E-state index contributed by atoms with van der Waals surface area (Å²) in [6.07, 6.45) is 19.5. The van der Waals surface area contributed by atoms with Crippen molar-refractivity contribution >= 4 is 5.97 Å². The van der Waals surface area contributed by atoms with E-state index in [9.17, 15) is 15.0 Å². The normalized spacial score (nSPS) is 38.6. The maximum absolute atomic E-state index is 13.3. The van der Waals surface area contributed by atoms with Crippen LogP contribution in [-0.4, -0.2) is 22.3 Å². The molecule has 0 aromatic carbocycles. The van der Waals surface area contributed by atoms with Crippen LogP contribution in [0.1, 0.15) is 132 Å². The average Bonchev–Trinajstić information content (AvgIpc) is 3.15. The minimum absolute atomic E-state index is 0.0115. The van der Waals surface area contributed by atoms with E-state index in [1.165, 1.54) is 24.0 Å². The molecule has 3 heteroatoms. The van der Waals surface area contributed by atoms with Gasteiger partial charge in [-0.2, -0.15) is 0 Å². The first-order valence-electron chi connectivity index (χ1n) is 16.1.